The molecule has 0 aromatic heterocycles. The van der Waals surface area contributed by atoms with E-state index in [4.69, 9.17) is 5.11 Å². The molecule has 0 rings (SSSR count). The van der Waals surface area contributed by atoms with E-state index in [9.17, 15) is 9.90 Å². The maximum atomic E-state index is 11.1. The van der Waals surface area contributed by atoms with Gasteiger partial charge >= 0.3 is 5.97 Å². The Morgan fingerprint density at radius 3 is 2.30 bits per heavy atom. The van der Waals surface area contributed by atoms with E-state index in [1.165, 1.54) is 19.3 Å². The molecule has 0 aliphatic rings. The van der Waals surface area contributed by atoms with Crippen LogP contribution in [-0.2, 0) is 4.79 Å². The number of aliphatic carboxylic acids is 1. The molecule has 0 bridgehead atoms. The van der Waals surface area contributed by atoms with Crippen molar-refractivity contribution in [2.45, 2.75) is 71.2 Å². The smallest absolute Gasteiger partial charge is 0.334 e. The monoisotopic (exact) mass is 296 g/mol. The van der Waals surface area contributed by atoms with Crippen LogP contribution in [0.25, 0.3) is 0 Å². The number of carbonyl (C=O) groups is 1. The Labute approximate surface area is 124 Å². The maximum Gasteiger partial charge on any atom is 0.334 e. The number of allylic oxidation sites excluding steroid dienone is 1. The van der Waals surface area contributed by atoms with Crippen molar-refractivity contribution >= 4 is 14.0 Å². The zero-order valence-electron chi connectivity index (χ0n) is 13.2. The fraction of sp³-hybridized carbons (Fsp3) is 0.688. The maximum absolute atomic E-state index is 11.1. The van der Waals surface area contributed by atoms with E-state index in [-0.39, 0.29) is 5.57 Å². The van der Waals surface area contributed by atoms with Crippen LogP contribution in [0.2, 0.25) is 19.6 Å². The highest BCUT2D eigenvalue weighted by Gasteiger charge is 2.16. The molecule has 1 atom stereocenters. The van der Waals surface area contributed by atoms with Gasteiger partial charge in [-0.05, 0) is 12.8 Å². The lowest BCUT2D eigenvalue weighted by Crippen LogP contribution is -2.20. The van der Waals surface area contributed by atoms with Crippen molar-refractivity contribution < 1.29 is 15.0 Å². The lowest BCUT2D eigenvalue weighted by Gasteiger charge is -2.08. The Morgan fingerprint density at radius 1 is 1.20 bits per heavy atom. The highest BCUT2D eigenvalue weighted by Crippen LogP contribution is 2.10. The molecule has 20 heavy (non-hydrogen) atoms. The molecule has 3 nitrogen and oxygen atoms in total. The van der Waals surface area contributed by atoms with E-state index in [0.29, 0.717) is 6.42 Å². The Balaban J connectivity index is 4.47. The molecule has 0 saturated carbocycles. The van der Waals surface area contributed by atoms with Crippen LogP contribution in [0.5, 0.6) is 0 Å². The average molecular weight is 296 g/mol. The third kappa shape index (κ3) is 9.82. The van der Waals surface area contributed by atoms with Crippen LogP contribution in [0, 0.1) is 11.5 Å². The second kappa shape index (κ2) is 9.79. The molecule has 0 amide bonds. The number of rotatable bonds is 8. The second-order valence-corrected chi connectivity index (χ2v) is 10.8. The van der Waals surface area contributed by atoms with Crippen LogP contribution in [0.1, 0.15) is 45.4 Å². The van der Waals surface area contributed by atoms with Crippen LogP contribution < -0.4 is 0 Å². The predicted octanol–water partition coefficient (Wildman–Crippen LogP) is 3.60. The molecule has 0 saturated heterocycles. The number of aliphatic hydroxyl groups excluding tert-OH is 1. The van der Waals surface area contributed by atoms with Crippen molar-refractivity contribution in [2.24, 2.45) is 0 Å². The topological polar surface area (TPSA) is 57.5 Å². The molecular weight excluding hydrogens is 268 g/mol. The lowest BCUT2D eigenvalue weighted by molar-refractivity contribution is -0.133. The van der Waals surface area contributed by atoms with Gasteiger partial charge in [-0.2, -0.15) is 0 Å². The SMILES string of the molecule is CCCCCCC/C=C(/C(=O)O)[C@H](O)C#C[Si](C)(C)C. The highest BCUT2D eigenvalue weighted by molar-refractivity contribution is 6.83. The van der Waals surface area contributed by atoms with Crippen molar-refractivity contribution in [3.8, 4) is 11.5 Å². The van der Waals surface area contributed by atoms with E-state index >= 15 is 0 Å². The summed E-state index contributed by atoms with van der Waals surface area (Å²) >= 11 is 0. The van der Waals surface area contributed by atoms with Crippen LogP contribution in [-0.4, -0.2) is 30.4 Å². The molecule has 0 fully saturated rings. The summed E-state index contributed by atoms with van der Waals surface area (Å²) in [6.45, 7) is 8.34. The Morgan fingerprint density at radius 2 is 1.80 bits per heavy atom. The van der Waals surface area contributed by atoms with E-state index in [0.717, 1.165) is 12.8 Å². The number of hydrogen-bond donors (Lipinski definition) is 2. The summed E-state index contributed by atoms with van der Waals surface area (Å²) in [4.78, 5) is 11.1. The number of carboxylic acids is 1. The minimum absolute atomic E-state index is 0.0197. The average Bonchev–Trinajstić information content (AvgIpc) is 2.34. The quantitative estimate of drug-likeness (QED) is 0.311. The van der Waals surface area contributed by atoms with Gasteiger partial charge in [-0.25, -0.2) is 4.79 Å². The molecule has 0 aromatic carbocycles. The first kappa shape index (κ1) is 18.9. The van der Waals surface area contributed by atoms with Gasteiger partial charge in [0.1, 0.15) is 14.2 Å². The van der Waals surface area contributed by atoms with Crippen molar-refractivity contribution in [3.63, 3.8) is 0 Å². The van der Waals surface area contributed by atoms with Crippen LogP contribution in [0.4, 0.5) is 0 Å². The summed E-state index contributed by atoms with van der Waals surface area (Å²) in [5, 5.41) is 19.0. The van der Waals surface area contributed by atoms with Gasteiger partial charge in [0.2, 0.25) is 0 Å². The summed E-state index contributed by atoms with van der Waals surface area (Å²) in [5.74, 6) is 1.61. The first-order chi connectivity index (χ1) is 9.28. The number of unbranched alkanes of at least 4 members (excludes halogenated alkanes) is 5. The van der Waals surface area contributed by atoms with Gasteiger partial charge in [0.15, 0.2) is 0 Å². The van der Waals surface area contributed by atoms with E-state index in [1.54, 1.807) is 6.08 Å². The molecule has 0 aliphatic carbocycles. The van der Waals surface area contributed by atoms with Crippen molar-refractivity contribution in [1.82, 2.24) is 0 Å². The largest absolute Gasteiger partial charge is 0.478 e. The molecule has 0 radical (unpaired) electrons. The minimum atomic E-state index is -1.60. The van der Waals surface area contributed by atoms with Crippen molar-refractivity contribution in [2.75, 3.05) is 0 Å². The fourth-order valence-electron chi connectivity index (χ4n) is 1.68. The molecular formula is C16H28O3Si. The fourth-order valence-corrected chi connectivity index (χ4v) is 2.25. The van der Waals surface area contributed by atoms with Gasteiger partial charge in [0.05, 0.1) is 5.57 Å². The Hall–Kier alpha value is -1.05. The summed E-state index contributed by atoms with van der Waals surface area (Å²) in [6, 6.07) is 0. The number of carboxylic acid groups (broad SMARTS) is 1. The Kier molecular flexibility index (Phi) is 9.27. The first-order valence-electron chi connectivity index (χ1n) is 7.42. The van der Waals surface area contributed by atoms with E-state index in [1.807, 2.05) is 0 Å². The van der Waals surface area contributed by atoms with Gasteiger partial charge in [-0.15, -0.1) is 5.54 Å². The van der Waals surface area contributed by atoms with Gasteiger partial charge in [-0.3, -0.25) is 0 Å². The van der Waals surface area contributed by atoms with Crippen LogP contribution in [0.3, 0.4) is 0 Å². The molecule has 0 aromatic rings. The standard InChI is InChI=1S/C16H28O3Si/c1-5-6-7-8-9-10-11-14(16(18)19)15(17)12-13-20(2,3)4/h11,15,17H,5-10H2,1-4H3,(H,18,19)/b14-11+/t15-/m1/s1. The van der Waals surface area contributed by atoms with Crippen molar-refractivity contribution in [1.29, 1.82) is 0 Å². The van der Waals surface area contributed by atoms with Gasteiger partial charge in [-0.1, -0.05) is 64.2 Å². The zero-order chi connectivity index (χ0) is 15.6. The van der Waals surface area contributed by atoms with E-state index < -0.39 is 20.1 Å². The van der Waals surface area contributed by atoms with Crippen molar-refractivity contribution in [3.05, 3.63) is 11.6 Å². The number of aliphatic hydroxyl groups is 1. The lowest BCUT2D eigenvalue weighted by atomic mass is 10.1. The molecule has 114 valence electrons. The molecule has 4 heteroatoms. The molecule has 2 N–H and O–H groups in total. The second-order valence-electron chi connectivity index (χ2n) is 6.09. The van der Waals surface area contributed by atoms with E-state index in [2.05, 4.69) is 38.0 Å². The highest BCUT2D eigenvalue weighted by atomic mass is 28.3. The molecule has 0 unspecified atom stereocenters. The van der Waals surface area contributed by atoms with Gasteiger partial charge in [0, 0.05) is 0 Å². The van der Waals surface area contributed by atoms with Gasteiger partial charge in [0.25, 0.3) is 0 Å². The number of hydrogen-bond acceptors (Lipinski definition) is 2. The summed E-state index contributed by atoms with van der Waals surface area (Å²) in [5.41, 5.74) is 3.03. The summed E-state index contributed by atoms with van der Waals surface area (Å²) < 4.78 is 0. The van der Waals surface area contributed by atoms with Crippen LogP contribution >= 0.6 is 0 Å². The van der Waals surface area contributed by atoms with Gasteiger partial charge < -0.3 is 10.2 Å². The van der Waals surface area contributed by atoms with Crippen LogP contribution in [0.15, 0.2) is 11.6 Å². The molecule has 0 heterocycles. The third-order valence-electron chi connectivity index (χ3n) is 2.80. The predicted molar refractivity (Wildman–Crippen MR) is 86.2 cm³/mol. The zero-order valence-corrected chi connectivity index (χ0v) is 14.2. The first-order valence-corrected chi connectivity index (χ1v) is 10.9. The molecule has 0 spiro atoms. The summed E-state index contributed by atoms with van der Waals surface area (Å²) in [6.07, 6.45) is 6.81. The minimum Gasteiger partial charge on any atom is -0.478 e. The molecule has 0 aliphatic heterocycles. The summed E-state index contributed by atoms with van der Waals surface area (Å²) in [7, 11) is -1.60. The normalized spacial score (nSPS) is 13.6. The third-order valence-corrected chi connectivity index (χ3v) is 3.69. The Bertz CT molecular complexity index is 383.